The number of fused-ring (bicyclic) bond motifs is 1. The monoisotopic (exact) mass is 398 g/mol. The minimum atomic E-state index is -3.45. The normalized spacial score (nSPS) is 16.8. The number of piperidine rings is 1. The van der Waals surface area contributed by atoms with Gasteiger partial charge in [-0.1, -0.05) is 26.0 Å². The van der Waals surface area contributed by atoms with E-state index in [1.54, 1.807) is 22.6 Å². The molecule has 0 N–H and O–H groups in total. The summed E-state index contributed by atoms with van der Waals surface area (Å²) in [6.45, 7) is 5.34. The molecule has 1 saturated heterocycles. The lowest BCUT2D eigenvalue weighted by Crippen LogP contribution is -2.39. The second-order valence-corrected chi connectivity index (χ2v) is 9.81. The number of imidazole rings is 1. The van der Waals surface area contributed by atoms with Crippen molar-refractivity contribution in [1.82, 2.24) is 18.8 Å². The highest BCUT2D eigenvalue weighted by Gasteiger charge is 2.30. The number of pyridine rings is 1. The van der Waals surface area contributed by atoms with Gasteiger partial charge in [-0.2, -0.15) is 4.31 Å². The largest absolute Gasteiger partial charge is 0.312 e. The van der Waals surface area contributed by atoms with E-state index in [1.165, 1.54) is 5.56 Å². The predicted molar refractivity (Wildman–Crippen MR) is 110 cm³/mol. The van der Waals surface area contributed by atoms with Crippen LogP contribution in [0.15, 0.2) is 53.8 Å². The smallest absolute Gasteiger partial charge is 0.243 e. The first-order valence-corrected chi connectivity index (χ1v) is 11.3. The lowest BCUT2D eigenvalue weighted by molar-refractivity contribution is 0.276. The Morgan fingerprint density at radius 1 is 1.07 bits per heavy atom. The van der Waals surface area contributed by atoms with Crippen LogP contribution in [-0.4, -0.2) is 40.3 Å². The Morgan fingerprint density at radius 3 is 2.46 bits per heavy atom. The number of hydrogen-bond acceptors (Lipinski definition) is 4. The first-order valence-electron chi connectivity index (χ1n) is 9.82. The van der Waals surface area contributed by atoms with Crippen LogP contribution in [0.2, 0.25) is 0 Å². The minimum Gasteiger partial charge on any atom is -0.312 e. The Hall–Kier alpha value is -2.25. The van der Waals surface area contributed by atoms with Crippen molar-refractivity contribution in [2.45, 2.75) is 44.0 Å². The van der Waals surface area contributed by atoms with E-state index in [0.717, 1.165) is 30.4 Å². The molecule has 4 rings (SSSR count). The van der Waals surface area contributed by atoms with E-state index in [9.17, 15) is 8.42 Å². The van der Waals surface area contributed by atoms with Crippen LogP contribution >= 0.6 is 0 Å². The SMILES string of the molecule is CC(C)Cc1ccc(S(=O)(=O)N2CCC(n3cnc4cccnc43)CC2)cc1. The summed E-state index contributed by atoms with van der Waals surface area (Å²) in [7, 11) is -3.45. The molecule has 0 aliphatic carbocycles. The highest BCUT2D eigenvalue weighted by Crippen LogP contribution is 2.29. The second kappa shape index (κ2) is 7.64. The summed E-state index contributed by atoms with van der Waals surface area (Å²) in [5.41, 5.74) is 2.91. The van der Waals surface area contributed by atoms with Gasteiger partial charge < -0.3 is 4.57 Å². The van der Waals surface area contributed by atoms with Gasteiger partial charge in [-0.05, 0) is 55.0 Å². The number of rotatable bonds is 5. The molecule has 7 heteroatoms. The molecule has 0 radical (unpaired) electrons. The molecule has 0 atom stereocenters. The number of sulfonamides is 1. The summed E-state index contributed by atoms with van der Waals surface area (Å²) in [6, 6.07) is 11.4. The topological polar surface area (TPSA) is 68.1 Å². The third kappa shape index (κ3) is 3.69. The third-order valence-electron chi connectivity index (χ3n) is 5.35. The molecule has 1 aliphatic heterocycles. The van der Waals surface area contributed by atoms with Crippen LogP contribution in [0.1, 0.15) is 38.3 Å². The molecule has 0 unspecified atom stereocenters. The van der Waals surface area contributed by atoms with Gasteiger partial charge in [0.1, 0.15) is 5.52 Å². The summed E-state index contributed by atoms with van der Waals surface area (Å²) in [4.78, 5) is 9.22. The minimum absolute atomic E-state index is 0.222. The molecule has 2 aromatic heterocycles. The Kier molecular flexibility index (Phi) is 5.21. The van der Waals surface area contributed by atoms with Gasteiger partial charge in [0.2, 0.25) is 10.0 Å². The molecule has 6 nitrogen and oxygen atoms in total. The molecule has 0 spiro atoms. The van der Waals surface area contributed by atoms with Gasteiger partial charge in [0, 0.05) is 25.3 Å². The molecule has 1 fully saturated rings. The van der Waals surface area contributed by atoms with Crippen LogP contribution in [0.4, 0.5) is 0 Å². The summed E-state index contributed by atoms with van der Waals surface area (Å²) in [5.74, 6) is 0.551. The maximum absolute atomic E-state index is 13.0. The molecule has 0 bridgehead atoms. The lowest BCUT2D eigenvalue weighted by atomic mass is 10.0. The molecule has 0 amide bonds. The molecule has 148 valence electrons. The zero-order chi connectivity index (χ0) is 19.7. The molecule has 28 heavy (non-hydrogen) atoms. The zero-order valence-corrected chi connectivity index (χ0v) is 17.1. The molecule has 3 aromatic rings. The Bertz CT molecular complexity index is 1050. The van der Waals surface area contributed by atoms with Gasteiger partial charge in [0.05, 0.1) is 11.2 Å². The van der Waals surface area contributed by atoms with Crippen molar-refractivity contribution in [3.8, 4) is 0 Å². The van der Waals surface area contributed by atoms with Crippen LogP contribution < -0.4 is 0 Å². The summed E-state index contributed by atoms with van der Waals surface area (Å²) >= 11 is 0. The van der Waals surface area contributed by atoms with Crippen molar-refractivity contribution in [2.24, 2.45) is 5.92 Å². The van der Waals surface area contributed by atoms with Crippen LogP contribution in [0.5, 0.6) is 0 Å². The Balaban J connectivity index is 1.46. The van der Waals surface area contributed by atoms with E-state index >= 15 is 0 Å². The number of hydrogen-bond donors (Lipinski definition) is 0. The van der Waals surface area contributed by atoms with Crippen LogP contribution in [-0.2, 0) is 16.4 Å². The fourth-order valence-electron chi connectivity index (χ4n) is 3.91. The van der Waals surface area contributed by atoms with Crippen molar-refractivity contribution in [2.75, 3.05) is 13.1 Å². The van der Waals surface area contributed by atoms with Gasteiger partial charge in [-0.3, -0.25) is 0 Å². The molecule has 1 aliphatic rings. The fraction of sp³-hybridized carbons (Fsp3) is 0.429. The first kappa shape index (κ1) is 19.1. The molecule has 1 aromatic carbocycles. The van der Waals surface area contributed by atoms with E-state index in [2.05, 4.69) is 28.4 Å². The van der Waals surface area contributed by atoms with E-state index in [-0.39, 0.29) is 6.04 Å². The second-order valence-electron chi connectivity index (χ2n) is 7.88. The van der Waals surface area contributed by atoms with E-state index in [4.69, 9.17) is 0 Å². The quantitative estimate of drug-likeness (QED) is 0.658. The molecular weight excluding hydrogens is 372 g/mol. The number of nitrogens with zero attached hydrogens (tertiary/aromatic N) is 4. The summed E-state index contributed by atoms with van der Waals surface area (Å²) in [6.07, 6.45) is 6.06. The molecular formula is C21H26N4O2S. The number of aromatic nitrogens is 3. The maximum Gasteiger partial charge on any atom is 0.243 e. The van der Waals surface area contributed by atoms with Gasteiger partial charge in [0.15, 0.2) is 5.65 Å². The molecule has 3 heterocycles. The zero-order valence-electron chi connectivity index (χ0n) is 16.3. The van der Waals surface area contributed by atoms with Crippen LogP contribution in [0, 0.1) is 5.92 Å². The van der Waals surface area contributed by atoms with E-state index in [0.29, 0.717) is 23.9 Å². The Labute approximate surface area is 166 Å². The lowest BCUT2D eigenvalue weighted by Gasteiger charge is -2.32. The third-order valence-corrected chi connectivity index (χ3v) is 7.27. The standard InChI is InChI=1S/C21H26N4O2S/c1-16(2)14-17-5-7-19(8-6-17)28(26,27)24-12-9-18(10-13-24)25-15-23-20-4-3-11-22-21(20)25/h3-8,11,15-16,18H,9-10,12-14H2,1-2H3. The van der Waals surface area contributed by atoms with Gasteiger partial charge in [-0.25, -0.2) is 18.4 Å². The highest BCUT2D eigenvalue weighted by molar-refractivity contribution is 7.89. The fourth-order valence-corrected chi connectivity index (χ4v) is 5.38. The highest BCUT2D eigenvalue weighted by atomic mass is 32.2. The van der Waals surface area contributed by atoms with Gasteiger partial charge in [-0.15, -0.1) is 0 Å². The summed E-state index contributed by atoms with van der Waals surface area (Å²) < 4.78 is 29.7. The average molecular weight is 399 g/mol. The van der Waals surface area contributed by atoms with Crippen LogP contribution in [0.3, 0.4) is 0 Å². The van der Waals surface area contributed by atoms with E-state index in [1.807, 2.05) is 30.6 Å². The summed E-state index contributed by atoms with van der Waals surface area (Å²) in [5, 5.41) is 0. The average Bonchev–Trinajstić information content (AvgIpc) is 3.12. The van der Waals surface area contributed by atoms with Crippen LogP contribution in [0.25, 0.3) is 11.2 Å². The molecule has 0 saturated carbocycles. The van der Waals surface area contributed by atoms with E-state index < -0.39 is 10.0 Å². The van der Waals surface area contributed by atoms with Crippen molar-refractivity contribution < 1.29 is 8.42 Å². The first-order chi connectivity index (χ1) is 13.4. The van der Waals surface area contributed by atoms with Crippen molar-refractivity contribution >= 4 is 21.2 Å². The Morgan fingerprint density at radius 2 is 1.79 bits per heavy atom. The van der Waals surface area contributed by atoms with Gasteiger partial charge >= 0.3 is 0 Å². The van der Waals surface area contributed by atoms with Crippen molar-refractivity contribution in [1.29, 1.82) is 0 Å². The maximum atomic E-state index is 13.0. The predicted octanol–water partition coefficient (Wildman–Crippen LogP) is 3.66. The van der Waals surface area contributed by atoms with Gasteiger partial charge in [0.25, 0.3) is 0 Å². The number of benzene rings is 1. The van der Waals surface area contributed by atoms with Crippen molar-refractivity contribution in [3.63, 3.8) is 0 Å². The van der Waals surface area contributed by atoms with Crippen molar-refractivity contribution in [3.05, 3.63) is 54.5 Å².